The summed E-state index contributed by atoms with van der Waals surface area (Å²) >= 11 is 0. The maximum atomic E-state index is 3.58. The zero-order chi connectivity index (χ0) is 9.80. The Labute approximate surface area is 86.6 Å². The van der Waals surface area contributed by atoms with Gasteiger partial charge >= 0.3 is 0 Å². The van der Waals surface area contributed by atoms with Crippen LogP contribution in [0.2, 0.25) is 0 Å². The summed E-state index contributed by atoms with van der Waals surface area (Å²) in [5.41, 5.74) is 1.45. The molecule has 0 aromatic carbocycles. The Kier molecular flexibility index (Phi) is 3.20. The molecule has 2 aliphatic rings. The second-order valence-electron chi connectivity index (χ2n) is 4.27. The van der Waals surface area contributed by atoms with E-state index in [4.69, 9.17) is 0 Å². The van der Waals surface area contributed by atoms with Crippen LogP contribution in [0.5, 0.6) is 0 Å². The SMILES string of the molecule is CC1C=CC=C(C2CCCCN2)C=C1. The third-order valence-corrected chi connectivity index (χ3v) is 3.01. The summed E-state index contributed by atoms with van der Waals surface area (Å²) in [5, 5.41) is 3.58. The van der Waals surface area contributed by atoms with Crippen molar-refractivity contribution < 1.29 is 0 Å². The van der Waals surface area contributed by atoms with Crippen molar-refractivity contribution in [1.82, 2.24) is 5.32 Å². The highest BCUT2D eigenvalue weighted by molar-refractivity contribution is 5.32. The Hall–Kier alpha value is -0.820. The van der Waals surface area contributed by atoms with Crippen LogP contribution in [0.1, 0.15) is 26.2 Å². The summed E-state index contributed by atoms with van der Waals surface area (Å²) in [4.78, 5) is 0. The van der Waals surface area contributed by atoms with E-state index in [0.717, 1.165) is 0 Å². The third-order valence-electron chi connectivity index (χ3n) is 3.01. The molecule has 1 aliphatic carbocycles. The van der Waals surface area contributed by atoms with Crippen LogP contribution in [0.15, 0.2) is 36.0 Å². The fourth-order valence-corrected chi connectivity index (χ4v) is 2.09. The zero-order valence-corrected chi connectivity index (χ0v) is 8.87. The molecule has 0 amide bonds. The van der Waals surface area contributed by atoms with Gasteiger partial charge in [0.05, 0.1) is 0 Å². The van der Waals surface area contributed by atoms with Gasteiger partial charge in [0.25, 0.3) is 0 Å². The van der Waals surface area contributed by atoms with Crippen molar-refractivity contribution in [2.24, 2.45) is 5.92 Å². The Morgan fingerprint density at radius 1 is 1.29 bits per heavy atom. The van der Waals surface area contributed by atoms with Crippen LogP contribution in [0.25, 0.3) is 0 Å². The molecular weight excluding hydrogens is 170 g/mol. The zero-order valence-electron chi connectivity index (χ0n) is 8.87. The molecule has 2 unspecified atom stereocenters. The van der Waals surface area contributed by atoms with E-state index >= 15 is 0 Å². The monoisotopic (exact) mass is 189 g/mol. The molecule has 2 atom stereocenters. The van der Waals surface area contributed by atoms with Crippen molar-refractivity contribution in [3.63, 3.8) is 0 Å². The van der Waals surface area contributed by atoms with E-state index in [-0.39, 0.29) is 0 Å². The van der Waals surface area contributed by atoms with Gasteiger partial charge < -0.3 is 5.32 Å². The van der Waals surface area contributed by atoms with Crippen LogP contribution in [-0.4, -0.2) is 12.6 Å². The summed E-state index contributed by atoms with van der Waals surface area (Å²) in [6.45, 7) is 3.40. The van der Waals surface area contributed by atoms with Gasteiger partial charge in [-0.2, -0.15) is 0 Å². The molecule has 0 aromatic heterocycles. The highest BCUT2D eigenvalue weighted by Crippen LogP contribution is 2.18. The first-order valence-electron chi connectivity index (χ1n) is 5.66. The van der Waals surface area contributed by atoms with Crippen LogP contribution >= 0.6 is 0 Å². The fourth-order valence-electron chi connectivity index (χ4n) is 2.09. The van der Waals surface area contributed by atoms with E-state index < -0.39 is 0 Å². The van der Waals surface area contributed by atoms with Crippen molar-refractivity contribution >= 4 is 0 Å². The highest BCUT2D eigenvalue weighted by Gasteiger charge is 2.15. The van der Waals surface area contributed by atoms with Crippen molar-refractivity contribution in [2.75, 3.05) is 6.54 Å². The van der Waals surface area contributed by atoms with E-state index in [0.29, 0.717) is 12.0 Å². The van der Waals surface area contributed by atoms with E-state index in [1.165, 1.54) is 31.4 Å². The summed E-state index contributed by atoms with van der Waals surface area (Å²) < 4.78 is 0. The lowest BCUT2D eigenvalue weighted by atomic mass is 9.97. The maximum absolute atomic E-state index is 3.58. The number of piperidine rings is 1. The molecule has 0 saturated carbocycles. The second-order valence-corrected chi connectivity index (χ2v) is 4.27. The molecule has 1 nitrogen and oxygen atoms in total. The van der Waals surface area contributed by atoms with Gasteiger partial charge in [0.15, 0.2) is 0 Å². The molecular formula is C13H19N. The summed E-state index contributed by atoms with van der Waals surface area (Å²) in [7, 11) is 0. The summed E-state index contributed by atoms with van der Waals surface area (Å²) in [5.74, 6) is 0.576. The van der Waals surface area contributed by atoms with Gasteiger partial charge in [-0.1, -0.05) is 43.7 Å². The van der Waals surface area contributed by atoms with Crippen LogP contribution in [0.3, 0.4) is 0 Å². The van der Waals surface area contributed by atoms with Crippen LogP contribution in [0, 0.1) is 5.92 Å². The van der Waals surface area contributed by atoms with Gasteiger partial charge in [0.2, 0.25) is 0 Å². The molecule has 1 N–H and O–H groups in total. The van der Waals surface area contributed by atoms with Gasteiger partial charge in [0.1, 0.15) is 0 Å². The molecule has 1 aliphatic heterocycles. The van der Waals surface area contributed by atoms with Crippen LogP contribution in [-0.2, 0) is 0 Å². The lowest BCUT2D eigenvalue weighted by Gasteiger charge is -2.24. The van der Waals surface area contributed by atoms with E-state index in [1.54, 1.807) is 0 Å². The lowest BCUT2D eigenvalue weighted by Crippen LogP contribution is -2.34. The lowest BCUT2D eigenvalue weighted by molar-refractivity contribution is 0.444. The number of allylic oxidation sites excluding steroid dienone is 4. The predicted molar refractivity (Wildman–Crippen MR) is 61.2 cm³/mol. The number of rotatable bonds is 1. The molecule has 0 aromatic rings. The van der Waals surface area contributed by atoms with Crippen molar-refractivity contribution in [3.8, 4) is 0 Å². The predicted octanol–water partition coefficient (Wildman–Crippen LogP) is 2.82. The standard InChI is InChI=1S/C13H19N/c1-11-5-4-6-12(9-8-11)13-7-2-3-10-14-13/h4-6,8-9,11,13-14H,2-3,7,10H2,1H3. The van der Waals surface area contributed by atoms with E-state index in [2.05, 4.69) is 42.6 Å². The molecule has 2 rings (SSSR count). The number of hydrogen-bond acceptors (Lipinski definition) is 1. The van der Waals surface area contributed by atoms with Gasteiger partial charge in [0, 0.05) is 6.04 Å². The average Bonchev–Trinajstić information content (AvgIpc) is 2.44. The highest BCUT2D eigenvalue weighted by atomic mass is 14.9. The Bertz CT molecular complexity index is 267. The summed E-state index contributed by atoms with van der Waals surface area (Å²) in [6.07, 6.45) is 15.2. The quantitative estimate of drug-likeness (QED) is 0.669. The topological polar surface area (TPSA) is 12.0 Å². The fraction of sp³-hybridized carbons (Fsp3) is 0.538. The normalized spacial score (nSPS) is 32.5. The molecule has 1 saturated heterocycles. The maximum Gasteiger partial charge on any atom is 0.0320 e. The first-order chi connectivity index (χ1) is 6.86. The smallest absolute Gasteiger partial charge is 0.0320 e. The average molecular weight is 189 g/mol. The van der Waals surface area contributed by atoms with Gasteiger partial charge in [-0.3, -0.25) is 0 Å². The minimum Gasteiger partial charge on any atom is -0.310 e. The van der Waals surface area contributed by atoms with Gasteiger partial charge in [-0.25, -0.2) is 0 Å². The largest absolute Gasteiger partial charge is 0.310 e. The van der Waals surface area contributed by atoms with E-state index in [9.17, 15) is 0 Å². The first-order valence-corrected chi connectivity index (χ1v) is 5.66. The Morgan fingerprint density at radius 2 is 2.21 bits per heavy atom. The molecule has 76 valence electrons. The Balaban J connectivity index is 2.06. The van der Waals surface area contributed by atoms with Gasteiger partial charge in [-0.05, 0) is 30.9 Å². The minimum atomic E-state index is 0.576. The van der Waals surface area contributed by atoms with E-state index in [1.807, 2.05) is 0 Å². The second kappa shape index (κ2) is 4.61. The van der Waals surface area contributed by atoms with Crippen molar-refractivity contribution in [2.45, 2.75) is 32.2 Å². The van der Waals surface area contributed by atoms with Crippen molar-refractivity contribution in [3.05, 3.63) is 36.0 Å². The van der Waals surface area contributed by atoms with Gasteiger partial charge in [-0.15, -0.1) is 0 Å². The Morgan fingerprint density at radius 3 is 3.00 bits per heavy atom. The molecule has 1 heteroatoms. The number of hydrogen-bond donors (Lipinski definition) is 1. The summed E-state index contributed by atoms with van der Waals surface area (Å²) in [6, 6.07) is 0.593. The first kappa shape index (κ1) is 9.72. The van der Waals surface area contributed by atoms with Crippen LogP contribution in [0.4, 0.5) is 0 Å². The minimum absolute atomic E-state index is 0.576. The molecule has 14 heavy (non-hydrogen) atoms. The number of nitrogens with one attached hydrogen (secondary N) is 1. The molecule has 0 radical (unpaired) electrons. The molecule has 1 heterocycles. The third kappa shape index (κ3) is 2.36. The molecule has 1 fully saturated rings. The molecule has 0 bridgehead atoms. The van der Waals surface area contributed by atoms with Crippen LogP contribution < -0.4 is 5.32 Å². The van der Waals surface area contributed by atoms with Crippen molar-refractivity contribution in [1.29, 1.82) is 0 Å². The molecule has 0 spiro atoms.